The van der Waals surface area contributed by atoms with E-state index in [1.54, 1.807) is 18.5 Å². The van der Waals surface area contributed by atoms with Gasteiger partial charge in [0.15, 0.2) is 0 Å². The highest BCUT2D eigenvalue weighted by Gasteiger charge is 2.28. The maximum atomic E-state index is 13.7. The minimum atomic E-state index is -0.539. The summed E-state index contributed by atoms with van der Waals surface area (Å²) in [6.45, 7) is 7.00. The normalized spacial score (nSPS) is 16.9. The SMILES string of the molecule is CC(CCOc1ccc(C#N)c(F)c1)C(C)C1CCN(c2ncc(Cl)cn2)CC1. The average molecular weight is 417 g/mol. The van der Waals surface area contributed by atoms with Gasteiger partial charge in [-0.1, -0.05) is 25.4 Å². The lowest BCUT2D eigenvalue weighted by atomic mass is 9.77. The number of nitriles is 1. The summed E-state index contributed by atoms with van der Waals surface area (Å²) in [5.41, 5.74) is 0.0367. The lowest BCUT2D eigenvalue weighted by molar-refractivity contribution is 0.186. The molecule has 1 aliphatic rings. The van der Waals surface area contributed by atoms with Gasteiger partial charge < -0.3 is 9.64 Å². The quantitative estimate of drug-likeness (QED) is 0.628. The van der Waals surface area contributed by atoms with Gasteiger partial charge in [-0.15, -0.1) is 0 Å². The molecule has 0 spiro atoms. The molecule has 1 aliphatic heterocycles. The Morgan fingerprint density at radius 1 is 1.28 bits per heavy atom. The van der Waals surface area contributed by atoms with Crippen LogP contribution in [0.2, 0.25) is 5.02 Å². The molecular formula is C22H26ClFN4O. The molecule has 2 atom stereocenters. The van der Waals surface area contributed by atoms with Gasteiger partial charge in [-0.3, -0.25) is 0 Å². The second-order valence-electron chi connectivity index (χ2n) is 7.75. The molecule has 154 valence electrons. The van der Waals surface area contributed by atoms with Crippen LogP contribution in [0.4, 0.5) is 10.3 Å². The number of halogens is 2. The Labute approximate surface area is 176 Å². The predicted molar refractivity (Wildman–Crippen MR) is 112 cm³/mol. The van der Waals surface area contributed by atoms with Crippen molar-refractivity contribution in [3.8, 4) is 11.8 Å². The fraction of sp³-hybridized carbons (Fsp3) is 0.500. The van der Waals surface area contributed by atoms with Gasteiger partial charge in [-0.2, -0.15) is 5.26 Å². The largest absolute Gasteiger partial charge is 0.493 e. The van der Waals surface area contributed by atoms with Crippen molar-refractivity contribution in [3.63, 3.8) is 0 Å². The summed E-state index contributed by atoms with van der Waals surface area (Å²) in [5.74, 6) is 2.41. The molecule has 29 heavy (non-hydrogen) atoms. The van der Waals surface area contributed by atoms with Crippen LogP contribution in [0, 0.1) is 34.9 Å². The molecule has 0 amide bonds. The van der Waals surface area contributed by atoms with Crippen molar-refractivity contribution >= 4 is 17.5 Å². The van der Waals surface area contributed by atoms with Crippen molar-refractivity contribution in [1.29, 1.82) is 5.26 Å². The van der Waals surface area contributed by atoms with E-state index < -0.39 is 5.82 Å². The van der Waals surface area contributed by atoms with Gasteiger partial charge in [0.05, 0.1) is 29.6 Å². The fourth-order valence-corrected chi connectivity index (χ4v) is 3.96. The molecule has 0 bridgehead atoms. The lowest BCUT2D eigenvalue weighted by Crippen LogP contribution is -2.37. The first-order valence-electron chi connectivity index (χ1n) is 10.0. The molecule has 0 radical (unpaired) electrons. The minimum Gasteiger partial charge on any atom is -0.493 e. The highest BCUT2D eigenvalue weighted by molar-refractivity contribution is 6.30. The summed E-state index contributed by atoms with van der Waals surface area (Å²) in [6, 6.07) is 6.19. The van der Waals surface area contributed by atoms with Crippen molar-refractivity contribution in [1.82, 2.24) is 9.97 Å². The summed E-state index contributed by atoms with van der Waals surface area (Å²) >= 11 is 5.87. The van der Waals surface area contributed by atoms with Crippen LogP contribution < -0.4 is 9.64 Å². The van der Waals surface area contributed by atoms with E-state index in [0.29, 0.717) is 35.1 Å². The number of nitrogens with zero attached hydrogens (tertiary/aromatic N) is 4. The van der Waals surface area contributed by atoms with Gasteiger partial charge >= 0.3 is 0 Å². The van der Waals surface area contributed by atoms with Crippen LogP contribution in [0.1, 0.15) is 38.7 Å². The van der Waals surface area contributed by atoms with E-state index >= 15 is 0 Å². The van der Waals surface area contributed by atoms with Crippen LogP contribution in [0.5, 0.6) is 5.75 Å². The molecule has 1 saturated heterocycles. The standard InChI is InChI=1S/C22H26ClFN4O/c1-15(7-10-29-20-4-3-18(12-25)21(24)11-20)16(2)17-5-8-28(9-6-17)22-26-13-19(23)14-27-22/h3-4,11,13-17H,5-10H2,1-2H3. The van der Waals surface area contributed by atoms with E-state index in [0.717, 1.165) is 38.3 Å². The molecule has 1 aromatic heterocycles. The number of hydrogen-bond donors (Lipinski definition) is 0. The third kappa shape index (κ3) is 5.57. The molecule has 5 nitrogen and oxygen atoms in total. The Bertz CT molecular complexity index is 847. The Morgan fingerprint density at radius 3 is 2.59 bits per heavy atom. The second-order valence-corrected chi connectivity index (χ2v) is 8.19. The number of aromatic nitrogens is 2. The van der Waals surface area contributed by atoms with Crippen molar-refractivity contribution in [3.05, 3.63) is 47.0 Å². The van der Waals surface area contributed by atoms with E-state index in [1.807, 2.05) is 6.07 Å². The predicted octanol–water partition coefficient (Wildman–Crippen LogP) is 5.10. The minimum absolute atomic E-state index is 0.0367. The van der Waals surface area contributed by atoms with Crippen molar-refractivity contribution in [2.45, 2.75) is 33.1 Å². The fourth-order valence-electron chi connectivity index (χ4n) is 3.86. The maximum absolute atomic E-state index is 13.7. The molecule has 0 saturated carbocycles. The van der Waals surface area contributed by atoms with Gasteiger partial charge in [0.2, 0.25) is 5.95 Å². The van der Waals surface area contributed by atoms with Crippen LogP contribution in [0.3, 0.4) is 0 Å². The van der Waals surface area contributed by atoms with E-state index in [4.69, 9.17) is 21.6 Å². The molecule has 2 unspecified atom stereocenters. The molecule has 7 heteroatoms. The maximum Gasteiger partial charge on any atom is 0.225 e. The molecular weight excluding hydrogens is 391 g/mol. The monoisotopic (exact) mass is 416 g/mol. The number of anilines is 1. The topological polar surface area (TPSA) is 62.0 Å². The third-order valence-corrected chi connectivity index (χ3v) is 6.17. The summed E-state index contributed by atoms with van der Waals surface area (Å²) in [5, 5.41) is 9.34. The van der Waals surface area contributed by atoms with Crippen LogP contribution >= 0.6 is 11.6 Å². The molecule has 0 N–H and O–H groups in total. The highest BCUT2D eigenvalue weighted by Crippen LogP contribution is 2.32. The number of hydrogen-bond acceptors (Lipinski definition) is 5. The first-order chi connectivity index (χ1) is 14.0. The summed E-state index contributed by atoms with van der Waals surface area (Å²) in [7, 11) is 0. The first kappa shape index (κ1) is 21.3. The number of rotatable bonds is 7. The third-order valence-electron chi connectivity index (χ3n) is 5.97. The average Bonchev–Trinajstić information content (AvgIpc) is 2.74. The van der Waals surface area contributed by atoms with Crippen molar-refractivity contribution in [2.75, 3.05) is 24.6 Å². The Balaban J connectivity index is 1.43. The van der Waals surface area contributed by atoms with E-state index in [9.17, 15) is 4.39 Å². The van der Waals surface area contributed by atoms with E-state index in [2.05, 4.69) is 28.7 Å². The van der Waals surface area contributed by atoms with Gasteiger partial charge in [-0.05, 0) is 49.1 Å². The molecule has 1 fully saturated rings. The van der Waals surface area contributed by atoms with Gasteiger partial charge in [0, 0.05) is 19.2 Å². The Morgan fingerprint density at radius 2 is 1.97 bits per heavy atom. The number of ether oxygens (including phenoxy) is 1. The van der Waals surface area contributed by atoms with Crippen LogP contribution in [0.15, 0.2) is 30.6 Å². The Hall–Kier alpha value is -2.39. The van der Waals surface area contributed by atoms with Crippen molar-refractivity contribution in [2.24, 2.45) is 17.8 Å². The molecule has 3 rings (SSSR count). The lowest BCUT2D eigenvalue weighted by Gasteiger charge is -2.37. The second kappa shape index (κ2) is 9.89. The highest BCUT2D eigenvalue weighted by atomic mass is 35.5. The van der Waals surface area contributed by atoms with Crippen LogP contribution in [-0.4, -0.2) is 29.7 Å². The molecule has 2 heterocycles. The number of piperidine rings is 1. The molecule has 1 aromatic carbocycles. The van der Waals surface area contributed by atoms with Crippen molar-refractivity contribution < 1.29 is 9.13 Å². The molecule has 2 aromatic rings. The van der Waals surface area contributed by atoms with E-state index in [1.165, 1.54) is 12.1 Å². The smallest absolute Gasteiger partial charge is 0.225 e. The zero-order valence-corrected chi connectivity index (χ0v) is 17.6. The van der Waals surface area contributed by atoms with Crippen LogP contribution in [-0.2, 0) is 0 Å². The summed E-state index contributed by atoms with van der Waals surface area (Å²) < 4.78 is 19.4. The van der Waals surface area contributed by atoms with Gasteiger partial charge in [-0.25, -0.2) is 14.4 Å². The Kier molecular flexibility index (Phi) is 7.27. The molecule has 0 aliphatic carbocycles. The van der Waals surface area contributed by atoms with Gasteiger partial charge in [0.1, 0.15) is 17.6 Å². The van der Waals surface area contributed by atoms with Crippen LogP contribution in [0.25, 0.3) is 0 Å². The number of benzene rings is 1. The van der Waals surface area contributed by atoms with Gasteiger partial charge in [0.25, 0.3) is 0 Å². The first-order valence-corrected chi connectivity index (χ1v) is 10.4. The zero-order chi connectivity index (χ0) is 20.8. The summed E-state index contributed by atoms with van der Waals surface area (Å²) in [4.78, 5) is 10.8. The van der Waals surface area contributed by atoms with E-state index in [-0.39, 0.29) is 5.56 Å². The zero-order valence-electron chi connectivity index (χ0n) is 16.8. The summed E-state index contributed by atoms with van der Waals surface area (Å²) in [6.07, 6.45) is 6.41.